The van der Waals surface area contributed by atoms with Crippen molar-refractivity contribution >= 4 is 27.5 Å². The van der Waals surface area contributed by atoms with E-state index in [-0.39, 0.29) is 5.28 Å². The lowest BCUT2D eigenvalue weighted by molar-refractivity contribution is 0.474. The number of para-hydroxylation sites is 1. The molecule has 0 unspecified atom stereocenters. The van der Waals surface area contributed by atoms with Crippen molar-refractivity contribution in [2.45, 2.75) is 0 Å². The summed E-state index contributed by atoms with van der Waals surface area (Å²) in [6.07, 6.45) is 3.05. The van der Waals surface area contributed by atoms with Gasteiger partial charge in [-0.3, -0.25) is 0 Å². The molecule has 0 radical (unpaired) electrons. The second kappa shape index (κ2) is 4.59. The van der Waals surface area contributed by atoms with Crippen LogP contribution in [-0.4, -0.2) is 9.97 Å². The molecule has 0 N–H and O–H groups in total. The minimum absolute atomic E-state index is 0.203. The first-order valence-electron chi connectivity index (χ1n) is 4.15. The van der Waals surface area contributed by atoms with Crippen LogP contribution in [0.4, 0.5) is 0 Å². The number of aromatic nitrogens is 2. The molecule has 1 aromatic heterocycles. The van der Waals surface area contributed by atoms with Gasteiger partial charge in [-0.1, -0.05) is 12.1 Å². The predicted octanol–water partition coefficient (Wildman–Crippen LogP) is 3.68. The summed E-state index contributed by atoms with van der Waals surface area (Å²) in [6, 6.07) is 7.54. The van der Waals surface area contributed by atoms with Gasteiger partial charge >= 0.3 is 0 Å². The Hall–Kier alpha value is -1.13. The van der Waals surface area contributed by atoms with Gasteiger partial charge in [0, 0.05) is 0 Å². The molecule has 0 spiro atoms. The highest BCUT2D eigenvalue weighted by Crippen LogP contribution is 2.28. The van der Waals surface area contributed by atoms with Gasteiger partial charge in [0.15, 0.2) is 5.75 Å². The monoisotopic (exact) mass is 284 g/mol. The van der Waals surface area contributed by atoms with E-state index in [0.717, 1.165) is 4.47 Å². The van der Waals surface area contributed by atoms with E-state index in [9.17, 15) is 0 Å². The van der Waals surface area contributed by atoms with Crippen molar-refractivity contribution in [1.29, 1.82) is 0 Å². The molecule has 0 fully saturated rings. The molecule has 0 amide bonds. The number of nitrogens with zero attached hydrogens (tertiary/aromatic N) is 2. The maximum atomic E-state index is 5.56. The van der Waals surface area contributed by atoms with E-state index >= 15 is 0 Å². The average Bonchev–Trinajstić information content (AvgIpc) is 2.25. The smallest absolute Gasteiger partial charge is 0.222 e. The summed E-state index contributed by atoms with van der Waals surface area (Å²) in [4.78, 5) is 7.64. The molecule has 5 heteroatoms. The first kappa shape index (κ1) is 10.4. The van der Waals surface area contributed by atoms with E-state index in [1.807, 2.05) is 24.3 Å². The van der Waals surface area contributed by atoms with Crippen molar-refractivity contribution in [2.24, 2.45) is 0 Å². The van der Waals surface area contributed by atoms with Gasteiger partial charge in [0.2, 0.25) is 5.28 Å². The molecular weight excluding hydrogens is 279 g/mol. The van der Waals surface area contributed by atoms with Crippen LogP contribution in [0.15, 0.2) is 41.1 Å². The largest absolute Gasteiger partial charge is 0.453 e. The van der Waals surface area contributed by atoms with Crippen LogP contribution in [0.5, 0.6) is 11.5 Å². The molecule has 0 atom stereocenters. The summed E-state index contributed by atoms with van der Waals surface area (Å²) in [5.41, 5.74) is 0. The number of benzene rings is 1. The third-order valence-electron chi connectivity index (χ3n) is 1.66. The highest BCUT2D eigenvalue weighted by Gasteiger charge is 2.01. The third kappa shape index (κ3) is 2.67. The van der Waals surface area contributed by atoms with Gasteiger partial charge in [0.05, 0.1) is 16.9 Å². The van der Waals surface area contributed by atoms with E-state index in [2.05, 4.69) is 25.9 Å². The fraction of sp³-hybridized carbons (Fsp3) is 0. The highest BCUT2D eigenvalue weighted by atomic mass is 79.9. The first-order valence-corrected chi connectivity index (χ1v) is 5.33. The van der Waals surface area contributed by atoms with Crippen molar-refractivity contribution in [1.82, 2.24) is 9.97 Å². The van der Waals surface area contributed by atoms with Gasteiger partial charge < -0.3 is 4.74 Å². The molecule has 0 saturated carbocycles. The summed E-state index contributed by atoms with van der Waals surface area (Å²) >= 11 is 8.94. The van der Waals surface area contributed by atoms with E-state index in [4.69, 9.17) is 16.3 Å². The van der Waals surface area contributed by atoms with Crippen LogP contribution in [0, 0.1) is 0 Å². The van der Waals surface area contributed by atoms with Crippen molar-refractivity contribution < 1.29 is 4.74 Å². The van der Waals surface area contributed by atoms with E-state index in [1.54, 1.807) is 0 Å². The molecule has 1 aromatic carbocycles. The van der Waals surface area contributed by atoms with Crippen molar-refractivity contribution in [3.63, 3.8) is 0 Å². The Morgan fingerprint density at radius 1 is 1.13 bits per heavy atom. The molecular formula is C10H6BrClN2O. The third-order valence-corrected chi connectivity index (χ3v) is 2.51. The molecule has 2 rings (SSSR count). The molecule has 76 valence electrons. The SMILES string of the molecule is Clc1ncc(Oc2ccccc2Br)cn1. The number of hydrogen-bond donors (Lipinski definition) is 0. The van der Waals surface area contributed by atoms with Crippen LogP contribution in [0.2, 0.25) is 5.28 Å². The summed E-state index contributed by atoms with van der Waals surface area (Å²) in [6.45, 7) is 0. The lowest BCUT2D eigenvalue weighted by Crippen LogP contribution is -1.88. The molecule has 0 aliphatic rings. The first-order chi connectivity index (χ1) is 7.25. The summed E-state index contributed by atoms with van der Waals surface area (Å²) < 4.78 is 6.41. The standard InChI is InChI=1S/C10H6BrClN2O/c11-8-3-1-2-4-9(8)15-7-5-13-10(12)14-6-7/h1-6H. The van der Waals surface area contributed by atoms with Crippen molar-refractivity contribution in [3.05, 3.63) is 46.4 Å². The molecule has 1 heterocycles. The van der Waals surface area contributed by atoms with Crippen LogP contribution < -0.4 is 4.74 Å². The fourth-order valence-electron chi connectivity index (χ4n) is 1.01. The maximum absolute atomic E-state index is 5.56. The molecule has 0 bridgehead atoms. The lowest BCUT2D eigenvalue weighted by atomic mass is 10.3. The van der Waals surface area contributed by atoms with Crippen LogP contribution in [-0.2, 0) is 0 Å². The van der Waals surface area contributed by atoms with Crippen LogP contribution in [0.3, 0.4) is 0 Å². The van der Waals surface area contributed by atoms with E-state index < -0.39 is 0 Å². The van der Waals surface area contributed by atoms with Crippen molar-refractivity contribution in [3.8, 4) is 11.5 Å². The Kier molecular flexibility index (Phi) is 3.18. The summed E-state index contributed by atoms with van der Waals surface area (Å²) in [5.74, 6) is 1.26. The van der Waals surface area contributed by atoms with Gasteiger partial charge in [0.25, 0.3) is 0 Å². The Balaban J connectivity index is 2.22. The van der Waals surface area contributed by atoms with Crippen LogP contribution >= 0.6 is 27.5 Å². The Labute approximate surface area is 100 Å². The molecule has 0 aliphatic carbocycles. The second-order valence-corrected chi connectivity index (χ2v) is 3.91. The molecule has 0 aliphatic heterocycles. The Bertz CT molecular complexity index is 461. The highest BCUT2D eigenvalue weighted by molar-refractivity contribution is 9.10. The quantitative estimate of drug-likeness (QED) is 0.789. The fourth-order valence-corrected chi connectivity index (χ4v) is 1.47. The topological polar surface area (TPSA) is 35.0 Å². The lowest BCUT2D eigenvalue weighted by Gasteiger charge is -2.05. The van der Waals surface area contributed by atoms with Gasteiger partial charge in [0.1, 0.15) is 5.75 Å². The van der Waals surface area contributed by atoms with Gasteiger partial charge in [-0.05, 0) is 39.7 Å². The minimum atomic E-state index is 0.203. The number of ether oxygens (including phenoxy) is 1. The minimum Gasteiger partial charge on any atom is -0.453 e. The van der Waals surface area contributed by atoms with E-state index in [1.165, 1.54) is 12.4 Å². The maximum Gasteiger partial charge on any atom is 0.222 e. The van der Waals surface area contributed by atoms with Crippen molar-refractivity contribution in [2.75, 3.05) is 0 Å². The zero-order chi connectivity index (χ0) is 10.7. The second-order valence-electron chi connectivity index (χ2n) is 2.72. The Morgan fingerprint density at radius 3 is 2.47 bits per heavy atom. The number of rotatable bonds is 2. The molecule has 2 aromatic rings. The summed E-state index contributed by atoms with van der Waals surface area (Å²) in [7, 11) is 0. The predicted molar refractivity (Wildman–Crippen MR) is 61.3 cm³/mol. The van der Waals surface area contributed by atoms with Gasteiger partial charge in [-0.15, -0.1) is 0 Å². The summed E-state index contributed by atoms with van der Waals surface area (Å²) in [5, 5.41) is 0.203. The average molecular weight is 286 g/mol. The molecule has 3 nitrogen and oxygen atoms in total. The molecule has 15 heavy (non-hydrogen) atoms. The normalized spacial score (nSPS) is 10.0. The zero-order valence-electron chi connectivity index (χ0n) is 7.52. The Morgan fingerprint density at radius 2 is 1.80 bits per heavy atom. The van der Waals surface area contributed by atoms with Crippen LogP contribution in [0.1, 0.15) is 0 Å². The van der Waals surface area contributed by atoms with Gasteiger partial charge in [-0.2, -0.15) is 0 Å². The number of hydrogen-bond acceptors (Lipinski definition) is 3. The van der Waals surface area contributed by atoms with Gasteiger partial charge in [-0.25, -0.2) is 9.97 Å². The van der Waals surface area contributed by atoms with E-state index in [0.29, 0.717) is 11.5 Å². The number of halogens is 2. The zero-order valence-corrected chi connectivity index (χ0v) is 9.86. The van der Waals surface area contributed by atoms with Crippen LogP contribution in [0.25, 0.3) is 0 Å². The molecule has 0 saturated heterocycles.